The smallest absolute Gasteiger partial charge is 0.118 e. The molecule has 1 aliphatic rings. The lowest BCUT2D eigenvalue weighted by atomic mass is 10.1. The van der Waals surface area contributed by atoms with Crippen LogP contribution in [0.2, 0.25) is 0 Å². The van der Waals surface area contributed by atoms with Gasteiger partial charge in [0.05, 0.1) is 12.6 Å². The van der Waals surface area contributed by atoms with Crippen LogP contribution >= 0.6 is 0 Å². The van der Waals surface area contributed by atoms with Gasteiger partial charge >= 0.3 is 0 Å². The quantitative estimate of drug-likeness (QED) is 0.871. The highest BCUT2D eigenvalue weighted by Crippen LogP contribution is 2.20. The number of nitrogens with two attached hydrogens (primary N) is 1. The highest BCUT2D eigenvalue weighted by molar-refractivity contribution is 5.20. The van der Waals surface area contributed by atoms with E-state index in [0.29, 0.717) is 12.6 Å². The van der Waals surface area contributed by atoms with Crippen LogP contribution in [0, 0.1) is 6.92 Å². The topological polar surface area (TPSA) is 51.6 Å². The summed E-state index contributed by atoms with van der Waals surface area (Å²) in [6.07, 6.45) is 2.72. The molecule has 1 aliphatic heterocycles. The summed E-state index contributed by atoms with van der Waals surface area (Å²) < 4.78 is 11.3. The summed E-state index contributed by atoms with van der Waals surface area (Å²) >= 11 is 0. The van der Waals surface area contributed by atoms with E-state index in [1.807, 2.05) is 6.92 Å². The van der Waals surface area contributed by atoms with Crippen molar-refractivity contribution in [2.45, 2.75) is 45.9 Å². The fourth-order valence-electron chi connectivity index (χ4n) is 2.56. The molecule has 2 heterocycles. The molecule has 0 amide bonds. The highest BCUT2D eigenvalue weighted by atomic mass is 16.5. The predicted molar refractivity (Wildman–Crippen MR) is 71.3 cm³/mol. The maximum absolute atomic E-state index is 5.66. The fraction of sp³-hybridized carbons (Fsp3) is 0.714. The number of furan rings is 1. The van der Waals surface area contributed by atoms with Gasteiger partial charge < -0.3 is 14.9 Å². The minimum absolute atomic E-state index is 0.455. The molecule has 4 heteroatoms. The number of ether oxygens (including phenoxy) is 1. The number of aryl methyl sites for hydroxylation is 1. The zero-order valence-electron chi connectivity index (χ0n) is 11.4. The number of likely N-dealkylation sites (tertiary alicyclic amines) is 1. The third-order valence-electron chi connectivity index (χ3n) is 3.60. The Morgan fingerprint density at radius 1 is 1.44 bits per heavy atom. The second-order valence-electron chi connectivity index (χ2n) is 4.93. The van der Waals surface area contributed by atoms with E-state index in [-0.39, 0.29) is 0 Å². The van der Waals surface area contributed by atoms with Crippen molar-refractivity contribution in [1.29, 1.82) is 0 Å². The Labute approximate surface area is 109 Å². The summed E-state index contributed by atoms with van der Waals surface area (Å²) in [5.41, 5.74) is 6.86. The molecule has 0 aromatic carbocycles. The van der Waals surface area contributed by atoms with Gasteiger partial charge in [0.25, 0.3) is 0 Å². The largest absolute Gasteiger partial charge is 0.465 e. The Bertz CT molecular complexity index is 368. The van der Waals surface area contributed by atoms with E-state index in [0.717, 1.165) is 50.6 Å². The van der Waals surface area contributed by atoms with E-state index < -0.39 is 0 Å². The van der Waals surface area contributed by atoms with E-state index in [2.05, 4.69) is 17.9 Å². The highest BCUT2D eigenvalue weighted by Gasteiger charge is 2.20. The molecule has 0 aliphatic carbocycles. The third-order valence-corrected chi connectivity index (χ3v) is 3.60. The second kappa shape index (κ2) is 6.36. The van der Waals surface area contributed by atoms with Gasteiger partial charge in [-0.2, -0.15) is 0 Å². The molecule has 0 bridgehead atoms. The van der Waals surface area contributed by atoms with Crippen molar-refractivity contribution in [3.8, 4) is 0 Å². The predicted octanol–water partition coefficient (Wildman–Crippen LogP) is 2.05. The van der Waals surface area contributed by atoms with Crippen molar-refractivity contribution in [3.63, 3.8) is 0 Å². The second-order valence-corrected chi connectivity index (χ2v) is 4.93. The van der Waals surface area contributed by atoms with E-state index in [1.165, 1.54) is 5.56 Å². The van der Waals surface area contributed by atoms with Crippen LogP contribution in [0.25, 0.3) is 0 Å². The Morgan fingerprint density at radius 3 is 2.72 bits per heavy atom. The zero-order valence-corrected chi connectivity index (χ0v) is 11.4. The molecule has 1 fully saturated rings. The standard InChI is InChI=1S/C14H24N2O2/c1-3-17-13-4-6-16(7-5-13)10-12-8-14(9-15)18-11(12)2/h8,13H,3-7,9-10,15H2,1-2H3. The number of rotatable bonds is 5. The molecule has 18 heavy (non-hydrogen) atoms. The first-order chi connectivity index (χ1) is 8.72. The summed E-state index contributed by atoms with van der Waals surface area (Å²) in [5.74, 6) is 1.88. The molecule has 0 unspecified atom stereocenters. The normalized spacial score (nSPS) is 18.4. The first kappa shape index (κ1) is 13.6. The van der Waals surface area contributed by atoms with Crippen molar-refractivity contribution < 1.29 is 9.15 Å². The van der Waals surface area contributed by atoms with Crippen molar-refractivity contribution in [3.05, 3.63) is 23.2 Å². The summed E-state index contributed by atoms with van der Waals surface area (Å²) in [5, 5.41) is 0. The lowest BCUT2D eigenvalue weighted by Crippen LogP contribution is -2.36. The lowest BCUT2D eigenvalue weighted by molar-refractivity contribution is 0.0124. The molecule has 102 valence electrons. The minimum atomic E-state index is 0.455. The average molecular weight is 252 g/mol. The van der Waals surface area contributed by atoms with Crippen LogP contribution in [-0.2, 0) is 17.8 Å². The molecular weight excluding hydrogens is 228 g/mol. The summed E-state index contributed by atoms with van der Waals surface area (Å²) in [7, 11) is 0. The third kappa shape index (κ3) is 3.34. The maximum atomic E-state index is 5.66. The molecule has 2 rings (SSSR count). The van der Waals surface area contributed by atoms with Crippen LogP contribution in [0.4, 0.5) is 0 Å². The molecule has 1 aromatic heterocycles. The van der Waals surface area contributed by atoms with Crippen LogP contribution in [0.15, 0.2) is 10.5 Å². The van der Waals surface area contributed by atoms with Gasteiger partial charge in [0.15, 0.2) is 0 Å². The SMILES string of the molecule is CCOC1CCN(Cc2cc(CN)oc2C)CC1. The van der Waals surface area contributed by atoms with Crippen LogP contribution in [0.5, 0.6) is 0 Å². The molecule has 1 aromatic rings. The molecule has 0 atom stereocenters. The first-order valence-corrected chi connectivity index (χ1v) is 6.85. The van der Waals surface area contributed by atoms with Crippen molar-refractivity contribution in [1.82, 2.24) is 4.90 Å². The Morgan fingerprint density at radius 2 is 2.17 bits per heavy atom. The van der Waals surface area contributed by atoms with Gasteiger partial charge in [-0.25, -0.2) is 0 Å². The van der Waals surface area contributed by atoms with Gasteiger partial charge in [-0.15, -0.1) is 0 Å². The molecule has 2 N–H and O–H groups in total. The van der Waals surface area contributed by atoms with Crippen molar-refractivity contribution in [2.75, 3.05) is 19.7 Å². The molecule has 1 saturated heterocycles. The first-order valence-electron chi connectivity index (χ1n) is 6.85. The summed E-state index contributed by atoms with van der Waals surface area (Å²) in [6.45, 7) is 8.56. The fourth-order valence-corrected chi connectivity index (χ4v) is 2.56. The van der Waals surface area contributed by atoms with Crippen LogP contribution in [-0.4, -0.2) is 30.7 Å². The molecule has 0 radical (unpaired) electrons. The number of hydrogen-bond acceptors (Lipinski definition) is 4. The van der Waals surface area contributed by atoms with Crippen LogP contribution in [0.3, 0.4) is 0 Å². The average Bonchev–Trinajstić information content (AvgIpc) is 2.73. The zero-order chi connectivity index (χ0) is 13.0. The Hall–Kier alpha value is -0.840. The van der Waals surface area contributed by atoms with Crippen LogP contribution < -0.4 is 5.73 Å². The molecule has 0 spiro atoms. The van der Waals surface area contributed by atoms with E-state index >= 15 is 0 Å². The summed E-state index contributed by atoms with van der Waals surface area (Å²) in [6, 6.07) is 2.09. The van der Waals surface area contributed by atoms with Gasteiger partial charge in [-0.3, -0.25) is 4.90 Å². The molecule has 4 nitrogen and oxygen atoms in total. The molecule has 0 saturated carbocycles. The van der Waals surface area contributed by atoms with E-state index in [9.17, 15) is 0 Å². The van der Waals surface area contributed by atoms with Gasteiger partial charge in [-0.05, 0) is 32.8 Å². The van der Waals surface area contributed by atoms with Crippen molar-refractivity contribution in [2.24, 2.45) is 5.73 Å². The monoisotopic (exact) mass is 252 g/mol. The van der Waals surface area contributed by atoms with Crippen LogP contribution in [0.1, 0.15) is 36.8 Å². The summed E-state index contributed by atoms with van der Waals surface area (Å²) in [4.78, 5) is 2.47. The Balaban J connectivity index is 1.85. The van der Waals surface area contributed by atoms with Gasteiger partial charge in [-0.1, -0.05) is 0 Å². The van der Waals surface area contributed by atoms with E-state index in [1.54, 1.807) is 0 Å². The van der Waals surface area contributed by atoms with E-state index in [4.69, 9.17) is 14.9 Å². The minimum Gasteiger partial charge on any atom is -0.465 e. The lowest BCUT2D eigenvalue weighted by Gasteiger charge is -2.31. The number of piperidine rings is 1. The van der Waals surface area contributed by atoms with Gasteiger partial charge in [0, 0.05) is 31.8 Å². The van der Waals surface area contributed by atoms with Gasteiger partial charge in [0.1, 0.15) is 11.5 Å². The Kier molecular flexibility index (Phi) is 4.80. The van der Waals surface area contributed by atoms with Gasteiger partial charge in [0.2, 0.25) is 0 Å². The number of nitrogens with zero attached hydrogens (tertiary/aromatic N) is 1. The van der Waals surface area contributed by atoms with Crippen molar-refractivity contribution >= 4 is 0 Å². The maximum Gasteiger partial charge on any atom is 0.118 e. The number of hydrogen-bond donors (Lipinski definition) is 1. The molecular formula is C14H24N2O2.